The topological polar surface area (TPSA) is 73.1 Å². The van der Waals surface area contributed by atoms with Crippen molar-refractivity contribution in [3.8, 4) is 0 Å². The summed E-state index contributed by atoms with van der Waals surface area (Å²) in [6, 6.07) is 10.8. The van der Waals surface area contributed by atoms with Crippen LogP contribution in [0.1, 0.15) is 42.1 Å². The summed E-state index contributed by atoms with van der Waals surface area (Å²) in [4.78, 5) is 7.00. The van der Waals surface area contributed by atoms with E-state index < -0.39 is 0 Å². The highest BCUT2D eigenvalue weighted by Crippen LogP contribution is 2.40. The zero-order valence-corrected chi connectivity index (χ0v) is 18.9. The van der Waals surface area contributed by atoms with Crippen LogP contribution in [-0.2, 0) is 11.3 Å². The third-order valence-corrected chi connectivity index (χ3v) is 5.78. The molecule has 0 saturated heterocycles. The Hall–Kier alpha value is -3.02. The SMILES string of the molecule is COC1=C(CO)C(c2[nH]c3ccccc3c2CNC(C)C)=CC1=Cc1[nH]c(C)cc1C. The second-order valence-corrected chi connectivity index (χ2v) is 8.44. The van der Waals surface area contributed by atoms with E-state index in [0.29, 0.717) is 11.8 Å². The van der Waals surface area contributed by atoms with Gasteiger partial charge >= 0.3 is 0 Å². The van der Waals surface area contributed by atoms with Gasteiger partial charge in [-0.3, -0.25) is 0 Å². The van der Waals surface area contributed by atoms with Crippen LogP contribution < -0.4 is 5.32 Å². The number of H-pyrrole nitrogens is 2. The van der Waals surface area contributed by atoms with E-state index in [-0.39, 0.29) is 6.61 Å². The Kier molecular flexibility index (Phi) is 5.90. The lowest BCUT2D eigenvalue weighted by atomic mass is 10.0. The van der Waals surface area contributed by atoms with Gasteiger partial charge in [0.2, 0.25) is 0 Å². The number of nitrogens with one attached hydrogen (secondary N) is 3. The van der Waals surface area contributed by atoms with E-state index in [1.807, 2.05) is 6.07 Å². The van der Waals surface area contributed by atoms with E-state index in [1.165, 1.54) is 16.5 Å². The molecule has 4 N–H and O–H groups in total. The summed E-state index contributed by atoms with van der Waals surface area (Å²) >= 11 is 0. The summed E-state index contributed by atoms with van der Waals surface area (Å²) in [5.41, 5.74) is 9.39. The second kappa shape index (κ2) is 8.61. The fraction of sp³-hybridized carbons (Fsp3) is 0.308. The number of para-hydroxylation sites is 1. The van der Waals surface area contributed by atoms with Crippen molar-refractivity contribution in [1.82, 2.24) is 15.3 Å². The number of aliphatic hydroxyl groups is 1. The van der Waals surface area contributed by atoms with Crippen LogP contribution in [0, 0.1) is 13.8 Å². The number of aromatic nitrogens is 2. The number of ether oxygens (including phenoxy) is 1. The molecule has 0 fully saturated rings. The predicted octanol–water partition coefficient (Wildman–Crippen LogP) is 4.98. The molecule has 1 aliphatic carbocycles. The number of fused-ring (bicyclic) bond motifs is 1. The van der Waals surface area contributed by atoms with Gasteiger partial charge in [0.25, 0.3) is 0 Å². The van der Waals surface area contributed by atoms with Gasteiger partial charge in [-0.25, -0.2) is 0 Å². The molecule has 0 bridgehead atoms. The molecule has 2 aromatic heterocycles. The molecule has 0 aliphatic heterocycles. The number of benzene rings is 1. The van der Waals surface area contributed by atoms with E-state index in [4.69, 9.17) is 4.74 Å². The second-order valence-electron chi connectivity index (χ2n) is 8.44. The molecule has 1 aromatic carbocycles. The standard InChI is InChI=1S/C26H31N3O2/c1-15(2)27-13-21-19-8-6-7-9-23(19)29-25(21)20-11-18(26(31-5)22(20)14-30)12-24-16(3)10-17(4)28-24/h6-12,15,27-30H,13-14H2,1-5H3. The van der Waals surface area contributed by atoms with E-state index >= 15 is 0 Å². The summed E-state index contributed by atoms with van der Waals surface area (Å²) in [7, 11) is 1.66. The largest absolute Gasteiger partial charge is 0.496 e. The maximum atomic E-state index is 10.3. The van der Waals surface area contributed by atoms with Crippen LogP contribution in [-0.4, -0.2) is 34.8 Å². The molecule has 162 valence electrons. The van der Waals surface area contributed by atoms with Crippen molar-refractivity contribution < 1.29 is 9.84 Å². The lowest BCUT2D eigenvalue weighted by molar-refractivity contribution is 0.283. The van der Waals surface area contributed by atoms with Gasteiger partial charge in [-0.05, 0) is 49.3 Å². The van der Waals surface area contributed by atoms with Crippen molar-refractivity contribution in [2.45, 2.75) is 40.3 Å². The van der Waals surface area contributed by atoms with Crippen molar-refractivity contribution >= 4 is 22.6 Å². The summed E-state index contributed by atoms with van der Waals surface area (Å²) in [6.45, 7) is 9.08. The first-order valence-corrected chi connectivity index (χ1v) is 10.7. The lowest BCUT2D eigenvalue weighted by Crippen LogP contribution is -2.22. The quantitative estimate of drug-likeness (QED) is 0.438. The van der Waals surface area contributed by atoms with Gasteiger partial charge in [0, 0.05) is 51.6 Å². The predicted molar refractivity (Wildman–Crippen MR) is 128 cm³/mol. The van der Waals surface area contributed by atoms with Gasteiger partial charge in [0.05, 0.1) is 19.4 Å². The summed E-state index contributed by atoms with van der Waals surface area (Å²) in [6.07, 6.45) is 4.21. The van der Waals surface area contributed by atoms with Crippen LogP contribution in [0.4, 0.5) is 0 Å². The molecule has 0 atom stereocenters. The Balaban J connectivity index is 1.88. The van der Waals surface area contributed by atoms with E-state index in [1.54, 1.807) is 7.11 Å². The molecule has 0 amide bonds. The summed E-state index contributed by atoms with van der Waals surface area (Å²) in [5.74, 6) is 0.713. The Labute approximate surface area is 183 Å². The normalized spacial score (nSPS) is 15.6. The van der Waals surface area contributed by atoms with Crippen molar-refractivity contribution in [1.29, 1.82) is 0 Å². The highest BCUT2D eigenvalue weighted by atomic mass is 16.5. The third kappa shape index (κ3) is 3.99. The molecule has 0 saturated carbocycles. The van der Waals surface area contributed by atoms with E-state index in [0.717, 1.165) is 45.9 Å². The molecule has 31 heavy (non-hydrogen) atoms. The van der Waals surface area contributed by atoms with Gasteiger partial charge in [0.1, 0.15) is 5.76 Å². The fourth-order valence-corrected chi connectivity index (χ4v) is 4.31. The summed E-state index contributed by atoms with van der Waals surface area (Å²) in [5, 5.41) is 15.0. The lowest BCUT2D eigenvalue weighted by Gasteiger charge is -2.12. The Morgan fingerprint density at radius 2 is 1.94 bits per heavy atom. The smallest absolute Gasteiger partial charge is 0.132 e. The number of hydrogen-bond acceptors (Lipinski definition) is 3. The van der Waals surface area contributed by atoms with Gasteiger partial charge in [-0.1, -0.05) is 32.0 Å². The number of aromatic amines is 2. The third-order valence-electron chi connectivity index (χ3n) is 5.78. The zero-order valence-electron chi connectivity index (χ0n) is 18.9. The molecule has 5 nitrogen and oxygen atoms in total. The van der Waals surface area contributed by atoms with Crippen LogP contribution in [0.15, 0.2) is 53.3 Å². The molecule has 5 heteroatoms. The molecule has 0 spiro atoms. The first kappa shape index (κ1) is 21.2. The monoisotopic (exact) mass is 417 g/mol. The minimum absolute atomic E-state index is 0.0957. The van der Waals surface area contributed by atoms with E-state index in [9.17, 15) is 5.11 Å². The number of rotatable bonds is 7. The molecule has 3 aromatic rings. The van der Waals surface area contributed by atoms with Crippen LogP contribution in [0.2, 0.25) is 0 Å². The molecular weight excluding hydrogens is 386 g/mol. The van der Waals surface area contributed by atoms with Crippen molar-refractivity contribution in [2.24, 2.45) is 0 Å². The van der Waals surface area contributed by atoms with Crippen LogP contribution in [0.25, 0.3) is 22.6 Å². The number of methoxy groups -OCH3 is 1. The Morgan fingerprint density at radius 3 is 2.58 bits per heavy atom. The average Bonchev–Trinajstić information content (AvgIpc) is 3.38. The molecule has 0 unspecified atom stereocenters. The van der Waals surface area contributed by atoms with E-state index in [2.05, 4.69) is 79.4 Å². The van der Waals surface area contributed by atoms with Gasteiger partial charge in [0.15, 0.2) is 0 Å². The molecule has 0 radical (unpaired) electrons. The minimum Gasteiger partial charge on any atom is -0.496 e. The first-order valence-electron chi connectivity index (χ1n) is 10.7. The molecular formula is C26H31N3O2. The Bertz CT molecular complexity index is 1200. The van der Waals surface area contributed by atoms with Crippen LogP contribution in [0.3, 0.4) is 0 Å². The number of aliphatic hydroxyl groups excluding tert-OH is 1. The number of hydrogen-bond donors (Lipinski definition) is 4. The molecule has 2 heterocycles. The highest BCUT2D eigenvalue weighted by Gasteiger charge is 2.27. The number of allylic oxidation sites excluding steroid dienone is 1. The highest BCUT2D eigenvalue weighted by molar-refractivity contribution is 5.96. The fourth-order valence-electron chi connectivity index (χ4n) is 4.31. The van der Waals surface area contributed by atoms with Gasteiger partial charge in [-0.2, -0.15) is 0 Å². The Morgan fingerprint density at radius 1 is 1.16 bits per heavy atom. The van der Waals surface area contributed by atoms with Crippen LogP contribution >= 0.6 is 0 Å². The summed E-state index contributed by atoms with van der Waals surface area (Å²) < 4.78 is 5.77. The number of aryl methyl sites for hydroxylation is 2. The van der Waals surface area contributed by atoms with Gasteiger partial charge in [-0.15, -0.1) is 0 Å². The molecule has 1 aliphatic rings. The van der Waals surface area contributed by atoms with Crippen molar-refractivity contribution in [3.63, 3.8) is 0 Å². The van der Waals surface area contributed by atoms with Crippen LogP contribution in [0.5, 0.6) is 0 Å². The maximum Gasteiger partial charge on any atom is 0.132 e. The zero-order chi connectivity index (χ0) is 22.1. The first-order chi connectivity index (χ1) is 14.9. The van der Waals surface area contributed by atoms with Gasteiger partial charge < -0.3 is 25.1 Å². The maximum absolute atomic E-state index is 10.3. The molecule has 4 rings (SSSR count). The minimum atomic E-state index is -0.0957. The average molecular weight is 418 g/mol. The van der Waals surface area contributed by atoms with Crippen molar-refractivity contribution in [3.05, 3.63) is 81.5 Å². The van der Waals surface area contributed by atoms with Crippen molar-refractivity contribution in [2.75, 3.05) is 13.7 Å².